The third kappa shape index (κ3) is 1.89. The summed E-state index contributed by atoms with van der Waals surface area (Å²) in [4.78, 5) is 1.37. The van der Waals surface area contributed by atoms with Gasteiger partial charge < -0.3 is 11.1 Å². The van der Waals surface area contributed by atoms with Crippen LogP contribution in [0, 0.1) is 0 Å². The van der Waals surface area contributed by atoms with Crippen molar-refractivity contribution in [3.63, 3.8) is 0 Å². The molecule has 0 spiro atoms. The predicted molar refractivity (Wildman–Crippen MR) is 63.6 cm³/mol. The summed E-state index contributed by atoms with van der Waals surface area (Å²) >= 11 is 1.81. The summed E-state index contributed by atoms with van der Waals surface area (Å²) in [5.74, 6) is 0. The van der Waals surface area contributed by atoms with Crippen LogP contribution < -0.4 is 11.1 Å². The lowest BCUT2D eigenvalue weighted by atomic mass is 10.2. The van der Waals surface area contributed by atoms with Gasteiger partial charge in [-0.3, -0.25) is 0 Å². The van der Waals surface area contributed by atoms with Crippen molar-refractivity contribution < 1.29 is 0 Å². The highest BCUT2D eigenvalue weighted by Crippen LogP contribution is 2.27. The second-order valence-corrected chi connectivity index (χ2v) is 4.46. The van der Waals surface area contributed by atoms with E-state index in [1.165, 1.54) is 15.0 Å². The molecule has 0 aliphatic carbocycles. The van der Waals surface area contributed by atoms with E-state index in [1.54, 1.807) is 0 Å². The SMILES string of the molecule is CCNCc1cc2ccc(N)cc2s1. The van der Waals surface area contributed by atoms with E-state index in [1.807, 2.05) is 23.5 Å². The summed E-state index contributed by atoms with van der Waals surface area (Å²) in [7, 11) is 0. The minimum atomic E-state index is 0.842. The van der Waals surface area contributed by atoms with Gasteiger partial charge in [0.15, 0.2) is 0 Å². The van der Waals surface area contributed by atoms with Gasteiger partial charge in [-0.1, -0.05) is 13.0 Å². The molecule has 0 saturated carbocycles. The van der Waals surface area contributed by atoms with Crippen molar-refractivity contribution in [2.75, 3.05) is 12.3 Å². The van der Waals surface area contributed by atoms with Crippen molar-refractivity contribution in [3.05, 3.63) is 29.1 Å². The molecule has 0 amide bonds. The molecule has 3 N–H and O–H groups in total. The maximum Gasteiger partial charge on any atom is 0.0366 e. The smallest absolute Gasteiger partial charge is 0.0366 e. The van der Waals surface area contributed by atoms with Crippen LogP contribution in [-0.4, -0.2) is 6.54 Å². The van der Waals surface area contributed by atoms with Crippen LogP contribution in [0.1, 0.15) is 11.8 Å². The van der Waals surface area contributed by atoms with Crippen LogP contribution in [0.15, 0.2) is 24.3 Å². The van der Waals surface area contributed by atoms with Crippen LogP contribution in [0.4, 0.5) is 5.69 Å². The zero-order chi connectivity index (χ0) is 9.97. The number of anilines is 1. The van der Waals surface area contributed by atoms with Gasteiger partial charge in [0.25, 0.3) is 0 Å². The van der Waals surface area contributed by atoms with Crippen LogP contribution in [0.25, 0.3) is 10.1 Å². The van der Waals surface area contributed by atoms with Crippen LogP contribution in [0.3, 0.4) is 0 Å². The third-order valence-corrected chi connectivity index (χ3v) is 3.24. The van der Waals surface area contributed by atoms with Crippen LogP contribution in [0.5, 0.6) is 0 Å². The zero-order valence-corrected chi connectivity index (χ0v) is 9.03. The average molecular weight is 206 g/mol. The molecule has 0 aliphatic rings. The molecule has 0 saturated heterocycles. The minimum absolute atomic E-state index is 0.842. The molecule has 2 nitrogen and oxygen atoms in total. The number of rotatable bonds is 3. The van der Waals surface area contributed by atoms with Crippen LogP contribution in [-0.2, 0) is 6.54 Å². The van der Waals surface area contributed by atoms with Crippen molar-refractivity contribution in [2.24, 2.45) is 0 Å². The molecule has 0 radical (unpaired) electrons. The fourth-order valence-corrected chi connectivity index (χ4v) is 2.52. The molecular weight excluding hydrogens is 192 g/mol. The van der Waals surface area contributed by atoms with Crippen molar-refractivity contribution in [1.29, 1.82) is 0 Å². The fourth-order valence-electron chi connectivity index (χ4n) is 1.44. The van der Waals surface area contributed by atoms with E-state index in [0.717, 1.165) is 18.8 Å². The molecule has 0 bridgehead atoms. The molecule has 74 valence electrons. The molecule has 0 fully saturated rings. The molecule has 1 aromatic carbocycles. The first-order valence-electron chi connectivity index (χ1n) is 4.78. The lowest BCUT2D eigenvalue weighted by Gasteiger charge is -1.95. The maximum absolute atomic E-state index is 5.72. The maximum atomic E-state index is 5.72. The van der Waals surface area contributed by atoms with E-state index >= 15 is 0 Å². The largest absolute Gasteiger partial charge is 0.399 e. The van der Waals surface area contributed by atoms with Gasteiger partial charge in [-0.25, -0.2) is 0 Å². The molecule has 2 aromatic rings. The van der Waals surface area contributed by atoms with E-state index in [-0.39, 0.29) is 0 Å². The number of hydrogen-bond acceptors (Lipinski definition) is 3. The van der Waals surface area contributed by atoms with Gasteiger partial charge in [-0.15, -0.1) is 11.3 Å². The lowest BCUT2D eigenvalue weighted by molar-refractivity contribution is 0.736. The van der Waals surface area contributed by atoms with Crippen LogP contribution in [0.2, 0.25) is 0 Å². The van der Waals surface area contributed by atoms with Crippen molar-refractivity contribution in [2.45, 2.75) is 13.5 Å². The number of fused-ring (bicyclic) bond motifs is 1. The highest BCUT2D eigenvalue weighted by atomic mass is 32.1. The van der Waals surface area contributed by atoms with Gasteiger partial charge in [0, 0.05) is 21.8 Å². The van der Waals surface area contributed by atoms with E-state index in [2.05, 4.69) is 24.4 Å². The Morgan fingerprint density at radius 2 is 2.21 bits per heavy atom. The second kappa shape index (κ2) is 3.98. The quantitative estimate of drug-likeness (QED) is 0.757. The lowest BCUT2D eigenvalue weighted by Crippen LogP contribution is -2.10. The van der Waals surface area contributed by atoms with Crippen molar-refractivity contribution in [3.8, 4) is 0 Å². The molecule has 3 heteroatoms. The Morgan fingerprint density at radius 3 is 3.00 bits per heavy atom. The standard InChI is InChI=1S/C11H14N2S/c1-2-13-7-10-5-8-3-4-9(12)6-11(8)14-10/h3-6,13H,2,7,12H2,1H3. The summed E-state index contributed by atoms with van der Waals surface area (Å²) in [5, 5.41) is 4.61. The van der Waals surface area contributed by atoms with E-state index in [4.69, 9.17) is 5.73 Å². The molecule has 0 aliphatic heterocycles. The van der Waals surface area contributed by atoms with Crippen molar-refractivity contribution >= 4 is 27.1 Å². The van der Waals surface area contributed by atoms with Gasteiger partial charge in [-0.05, 0) is 30.1 Å². The predicted octanol–water partition coefficient (Wildman–Crippen LogP) is 2.59. The van der Waals surface area contributed by atoms with E-state index in [0.29, 0.717) is 0 Å². The molecule has 0 atom stereocenters. The van der Waals surface area contributed by atoms with E-state index < -0.39 is 0 Å². The average Bonchev–Trinajstić information content (AvgIpc) is 2.56. The van der Waals surface area contributed by atoms with Gasteiger partial charge in [0.2, 0.25) is 0 Å². The minimum Gasteiger partial charge on any atom is -0.399 e. The molecular formula is C11H14N2S. The molecule has 2 rings (SSSR count). The second-order valence-electron chi connectivity index (χ2n) is 3.29. The number of benzene rings is 1. The Kier molecular flexibility index (Phi) is 2.70. The number of nitrogens with one attached hydrogen (secondary N) is 1. The number of nitrogen functional groups attached to an aromatic ring is 1. The molecule has 14 heavy (non-hydrogen) atoms. The molecule has 1 aromatic heterocycles. The monoisotopic (exact) mass is 206 g/mol. The number of thiophene rings is 1. The first kappa shape index (κ1) is 9.49. The summed E-state index contributed by atoms with van der Waals surface area (Å²) in [6.45, 7) is 4.08. The van der Waals surface area contributed by atoms with E-state index in [9.17, 15) is 0 Å². The zero-order valence-electron chi connectivity index (χ0n) is 8.21. The topological polar surface area (TPSA) is 38.0 Å². The van der Waals surface area contributed by atoms with Gasteiger partial charge >= 0.3 is 0 Å². The first-order valence-corrected chi connectivity index (χ1v) is 5.60. The summed E-state index contributed by atoms with van der Waals surface area (Å²) in [5.41, 5.74) is 6.57. The first-order chi connectivity index (χ1) is 6.79. The number of hydrogen-bond donors (Lipinski definition) is 2. The third-order valence-electron chi connectivity index (χ3n) is 2.14. The Hall–Kier alpha value is -1.06. The fraction of sp³-hybridized carbons (Fsp3) is 0.273. The highest BCUT2D eigenvalue weighted by molar-refractivity contribution is 7.19. The summed E-state index contributed by atoms with van der Waals surface area (Å²) in [6, 6.07) is 8.29. The Balaban J connectivity index is 2.32. The Labute approximate surface area is 87.7 Å². The highest BCUT2D eigenvalue weighted by Gasteiger charge is 2.00. The van der Waals surface area contributed by atoms with Gasteiger partial charge in [0.1, 0.15) is 0 Å². The number of nitrogens with two attached hydrogens (primary N) is 1. The summed E-state index contributed by atoms with van der Waals surface area (Å²) < 4.78 is 1.28. The summed E-state index contributed by atoms with van der Waals surface area (Å²) in [6.07, 6.45) is 0. The molecule has 0 unspecified atom stereocenters. The Bertz CT molecular complexity index is 434. The van der Waals surface area contributed by atoms with Crippen molar-refractivity contribution in [1.82, 2.24) is 5.32 Å². The molecule has 1 heterocycles. The van der Waals surface area contributed by atoms with Gasteiger partial charge in [-0.2, -0.15) is 0 Å². The Morgan fingerprint density at radius 1 is 1.36 bits per heavy atom. The van der Waals surface area contributed by atoms with Gasteiger partial charge in [0.05, 0.1) is 0 Å². The van der Waals surface area contributed by atoms with Crippen LogP contribution >= 0.6 is 11.3 Å². The normalized spacial score (nSPS) is 10.9.